The number of hydrogen-bond acceptors (Lipinski definition) is 2. The molecule has 0 N–H and O–H groups in total. The van der Waals surface area contributed by atoms with Gasteiger partial charge in [-0.05, 0) is 52.6 Å². The van der Waals surface area contributed by atoms with Crippen LogP contribution in [-0.2, 0) is 11.3 Å². The van der Waals surface area contributed by atoms with Crippen LogP contribution in [0.15, 0.2) is 54.6 Å². The van der Waals surface area contributed by atoms with Crippen LogP contribution in [0.2, 0.25) is 0 Å². The summed E-state index contributed by atoms with van der Waals surface area (Å²) in [4.78, 5) is 14.3. The number of benzene rings is 2. The summed E-state index contributed by atoms with van der Waals surface area (Å²) in [6, 6.07) is 18.2. The Bertz CT molecular complexity index is 645. The highest BCUT2D eigenvalue weighted by Crippen LogP contribution is 2.34. The zero-order chi connectivity index (χ0) is 15.4. The molecule has 0 aliphatic carbocycles. The molecule has 1 atom stereocenters. The molecule has 0 radical (unpaired) electrons. The van der Waals surface area contributed by atoms with Crippen LogP contribution in [0.1, 0.15) is 30.0 Å². The molecule has 0 spiro atoms. The first-order valence-corrected chi connectivity index (χ1v) is 8.55. The van der Waals surface area contributed by atoms with Crippen LogP contribution in [0, 0.1) is 3.57 Å². The molecule has 114 valence electrons. The zero-order valence-corrected chi connectivity index (χ0v) is 14.4. The van der Waals surface area contributed by atoms with E-state index in [4.69, 9.17) is 4.74 Å². The number of hydrogen-bond donors (Lipinski definition) is 0. The molecule has 1 unspecified atom stereocenters. The second-order valence-corrected chi connectivity index (χ2v) is 6.58. The SMILES string of the molecule is O=C(OCc1ccccc1)N1CCCC1c1ccccc1I. The van der Waals surface area contributed by atoms with Gasteiger partial charge in [0.2, 0.25) is 0 Å². The molecule has 1 heterocycles. The Balaban J connectivity index is 1.68. The summed E-state index contributed by atoms with van der Waals surface area (Å²) in [5.41, 5.74) is 2.23. The molecular weight excluding hydrogens is 389 g/mol. The summed E-state index contributed by atoms with van der Waals surface area (Å²) >= 11 is 2.34. The van der Waals surface area contributed by atoms with Crippen LogP contribution in [0.4, 0.5) is 4.79 Å². The van der Waals surface area contributed by atoms with Gasteiger partial charge in [-0.25, -0.2) is 4.79 Å². The van der Waals surface area contributed by atoms with E-state index in [1.54, 1.807) is 0 Å². The topological polar surface area (TPSA) is 29.5 Å². The number of halogens is 1. The largest absolute Gasteiger partial charge is 0.445 e. The molecular formula is C18H18INO2. The molecule has 1 saturated heterocycles. The number of nitrogens with zero attached hydrogens (tertiary/aromatic N) is 1. The summed E-state index contributed by atoms with van der Waals surface area (Å²) in [6.07, 6.45) is 1.81. The summed E-state index contributed by atoms with van der Waals surface area (Å²) in [6.45, 7) is 1.10. The van der Waals surface area contributed by atoms with Crippen molar-refractivity contribution in [1.29, 1.82) is 0 Å². The number of likely N-dealkylation sites (tertiary alicyclic amines) is 1. The van der Waals surface area contributed by atoms with Gasteiger partial charge in [0, 0.05) is 10.1 Å². The Labute approximate surface area is 144 Å². The molecule has 4 heteroatoms. The normalized spacial score (nSPS) is 17.5. The summed E-state index contributed by atoms with van der Waals surface area (Å²) in [7, 11) is 0. The summed E-state index contributed by atoms with van der Waals surface area (Å²) < 4.78 is 6.69. The van der Waals surface area contributed by atoms with Crippen molar-refractivity contribution in [2.45, 2.75) is 25.5 Å². The van der Waals surface area contributed by atoms with Gasteiger partial charge >= 0.3 is 6.09 Å². The first kappa shape index (κ1) is 15.3. The van der Waals surface area contributed by atoms with E-state index in [1.165, 1.54) is 9.13 Å². The molecule has 1 fully saturated rings. The Morgan fingerprint density at radius 1 is 1.14 bits per heavy atom. The molecule has 3 nitrogen and oxygen atoms in total. The Morgan fingerprint density at radius 2 is 1.86 bits per heavy atom. The average Bonchev–Trinajstić information content (AvgIpc) is 3.03. The molecule has 2 aromatic carbocycles. The first-order valence-electron chi connectivity index (χ1n) is 7.47. The number of ether oxygens (including phenoxy) is 1. The maximum absolute atomic E-state index is 12.4. The first-order chi connectivity index (χ1) is 10.8. The smallest absolute Gasteiger partial charge is 0.410 e. The molecule has 0 saturated carbocycles. The van der Waals surface area contributed by atoms with E-state index in [0.717, 1.165) is 24.9 Å². The van der Waals surface area contributed by atoms with E-state index in [-0.39, 0.29) is 12.1 Å². The standard InChI is InChI=1S/C18H18INO2/c19-16-10-5-4-9-15(16)17-11-6-12-20(17)18(21)22-13-14-7-2-1-3-8-14/h1-5,7-10,17H,6,11-13H2. The second-order valence-electron chi connectivity index (χ2n) is 5.41. The Kier molecular flexibility index (Phi) is 4.97. The third-order valence-electron chi connectivity index (χ3n) is 3.96. The molecule has 2 aromatic rings. The predicted molar refractivity (Wildman–Crippen MR) is 94.5 cm³/mol. The third kappa shape index (κ3) is 3.43. The van der Waals surface area contributed by atoms with Crippen LogP contribution in [0.3, 0.4) is 0 Å². The highest BCUT2D eigenvalue weighted by atomic mass is 127. The highest BCUT2D eigenvalue weighted by molar-refractivity contribution is 14.1. The van der Waals surface area contributed by atoms with Crippen molar-refractivity contribution in [2.75, 3.05) is 6.54 Å². The molecule has 1 aliphatic heterocycles. The van der Waals surface area contributed by atoms with Crippen molar-refractivity contribution in [3.8, 4) is 0 Å². The molecule has 22 heavy (non-hydrogen) atoms. The minimum Gasteiger partial charge on any atom is -0.445 e. The maximum Gasteiger partial charge on any atom is 0.410 e. The number of carbonyl (C=O) groups is 1. The van der Waals surface area contributed by atoms with Crippen LogP contribution < -0.4 is 0 Å². The summed E-state index contributed by atoms with van der Waals surface area (Å²) in [5.74, 6) is 0. The van der Waals surface area contributed by atoms with E-state index in [2.05, 4.69) is 34.7 Å². The second kappa shape index (κ2) is 7.13. The lowest BCUT2D eigenvalue weighted by atomic mass is 10.1. The lowest BCUT2D eigenvalue weighted by Gasteiger charge is -2.25. The van der Waals surface area contributed by atoms with E-state index >= 15 is 0 Å². The van der Waals surface area contributed by atoms with Gasteiger partial charge in [-0.1, -0.05) is 48.5 Å². The lowest BCUT2D eigenvalue weighted by Crippen LogP contribution is -2.31. The van der Waals surface area contributed by atoms with E-state index in [0.29, 0.717) is 6.61 Å². The Morgan fingerprint density at radius 3 is 2.64 bits per heavy atom. The monoisotopic (exact) mass is 407 g/mol. The van der Waals surface area contributed by atoms with Crippen molar-refractivity contribution in [2.24, 2.45) is 0 Å². The maximum atomic E-state index is 12.4. The van der Waals surface area contributed by atoms with Gasteiger partial charge in [-0.3, -0.25) is 0 Å². The fourth-order valence-electron chi connectivity index (χ4n) is 2.86. The quantitative estimate of drug-likeness (QED) is 0.687. The van der Waals surface area contributed by atoms with Crippen molar-refractivity contribution in [3.05, 3.63) is 69.3 Å². The van der Waals surface area contributed by atoms with Crippen LogP contribution in [0.5, 0.6) is 0 Å². The predicted octanol–water partition coefficient (Wildman–Crippen LogP) is 4.76. The Hall–Kier alpha value is -1.56. The third-order valence-corrected chi connectivity index (χ3v) is 4.94. The number of rotatable bonds is 3. The van der Waals surface area contributed by atoms with Gasteiger partial charge in [0.05, 0.1) is 6.04 Å². The molecule has 1 amide bonds. The zero-order valence-electron chi connectivity index (χ0n) is 12.2. The molecule has 0 bridgehead atoms. The van der Waals surface area contributed by atoms with Crippen LogP contribution >= 0.6 is 22.6 Å². The van der Waals surface area contributed by atoms with E-state index < -0.39 is 0 Å². The van der Waals surface area contributed by atoms with Crippen molar-refractivity contribution < 1.29 is 9.53 Å². The highest BCUT2D eigenvalue weighted by Gasteiger charge is 2.32. The number of amides is 1. The molecule has 3 rings (SSSR count). The van der Waals surface area contributed by atoms with Crippen LogP contribution in [0.25, 0.3) is 0 Å². The van der Waals surface area contributed by atoms with Gasteiger partial charge in [-0.2, -0.15) is 0 Å². The van der Waals surface area contributed by atoms with Crippen molar-refractivity contribution in [3.63, 3.8) is 0 Å². The fourth-order valence-corrected chi connectivity index (χ4v) is 3.60. The van der Waals surface area contributed by atoms with E-state index in [1.807, 2.05) is 47.4 Å². The fraction of sp³-hybridized carbons (Fsp3) is 0.278. The van der Waals surface area contributed by atoms with Crippen molar-refractivity contribution in [1.82, 2.24) is 4.90 Å². The lowest BCUT2D eigenvalue weighted by molar-refractivity contribution is 0.0920. The molecule has 0 aromatic heterocycles. The van der Waals surface area contributed by atoms with Crippen LogP contribution in [-0.4, -0.2) is 17.5 Å². The number of carbonyl (C=O) groups excluding carboxylic acids is 1. The van der Waals surface area contributed by atoms with Gasteiger partial charge in [0.1, 0.15) is 6.61 Å². The minimum absolute atomic E-state index is 0.136. The van der Waals surface area contributed by atoms with Gasteiger partial charge < -0.3 is 9.64 Å². The summed E-state index contributed by atoms with van der Waals surface area (Å²) in [5, 5.41) is 0. The average molecular weight is 407 g/mol. The van der Waals surface area contributed by atoms with Gasteiger partial charge in [-0.15, -0.1) is 0 Å². The molecule has 1 aliphatic rings. The van der Waals surface area contributed by atoms with E-state index in [9.17, 15) is 4.79 Å². The van der Waals surface area contributed by atoms with Gasteiger partial charge in [0.25, 0.3) is 0 Å². The van der Waals surface area contributed by atoms with Crippen molar-refractivity contribution >= 4 is 28.7 Å². The van der Waals surface area contributed by atoms with Gasteiger partial charge in [0.15, 0.2) is 0 Å². The minimum atomic E-state index is -0.217.